The maximum Gasteiger partial charge on any atom is 0.374 e. The SMILES string of the molecule is CCC(C)=CCCC(CC)CCOC(=O)C(C)=O. The van der Waals surface area contributed by atoms with E-state index < -0.39 is 11.8 Å². The van der Waals surface area contributed by atoms with Crippen LogP contribution in [0.5, 0.6) is 0 Å². The second-order valence-corrected chi connectivity index (χ2v) is 4.74. The third-order valence-corrected chi connectivity index (χ3v) is 3.25. The van der Waals surface area contributed by atoms with Crippen molar-refractivity contribution in [2.45, 2.75) is 59.8 Å². The average molecular weight is 254 g/mol. The summed E-state index contributed by atoms with van der Waals surface area (Å²) in [6.45, 7) is 8.04. The zero-order valence-corrected chi connectivity index (χ0v) is 12.1. The molecule has 0 saturated carbocycles. The van der Waals surface area contributed by atoms with Crippen molar-refractivity contribution in [3.63, 3.8) is 0 Å². The molecule has 0 aliphatic rings. The van der Waals surface area contributed by atoms with Gasteiger partial charge in [-0.3, -0.25) is 4.79 Å². The summed E-state index contributed by atoms with van der Waals surface area (Å²) < 4.78 is 4.88. The quantitative estimate of drug-likeness (QED) is 0.358. The van der Waals surface area contributed by atoms with E-state index in [4.69, 9.17) is 4.74 Å². The molecule has 0 aliphatic carbocycles. The second-order valence-electron chi connectivity index (χ2n) is 4.74. The number of carbonyl (C=O) groups is 2. The lowest BCUT2D eigenvalue weighted by Crippen LogP contribution is -2.16. The lowest BCUT2D eigenvalue weighted by Gasteiger charge is -2.13. The minimum Gasteiger partial charge on any atom is -0.460 e. The van der Waals surface area contributed by atoms with Crippen molar-refractivity contribution in [2.75, 3.05) is 6.61 Å². The third kappa shape index (κ3) is 8.04. The highest BCUT2D eigenvalue weighted by molar-refractivity contribution is 6.32. The van der Waals surface area contributed by atoms with Gasteiger partial charge in [-0.15, -0.1) is 0 Å². The first-order valence-corrected chi connectivity index (χ1v) is 6.84. The second kappa shape index (κ2) is 9.86. The van der Waals surface area contributed by atoms with Gasteiger partial charge in [0.2, 0.25) is 5.78 Å². The number of ketones is 1. The molecule has 0 N–H and O–H groups in total. The van der Waals surface area contributed by atoms with Crippen LogP contribution in [0.15, 0.2) is 11.6 Å². The van der Waals surface area contributed by atoms with Gasteiger partial charge in [-0.1, -0.05) is 31.9 Å². The molecule has 1 atom stereocenters. The number of allylic oxidation sites excluding steroid dienone is 2. The smallest absolute Gasteiger partial charge is 0.374 e. The van der Waals surface area contributed by atoms with Crippen LogP contribution in [-0.4, -0.2) is 18.4 Å². The van der Waals surface area contributed by atoms with Crippen LogP contribution in [-0.2, 0) is 14.3 Å². The van der Waals surface area contributed by atoms with Gasteiger partial charge in [-0.25, -0.2) is 4.79 Å². The zero-order valence-electron chi connectivity index (χ0n) is 12.1. The van der Waals surface area contributed by atoms with Gasteiger partial charge in [0, 0.05) is 6.92 Å². The minimum atomic E-state index is -0.716. The Hall–Kier alpha value is -1.12. The Kier molecular flexibility index (Phi) is 9.25. The zero-order chi connectivity index (χ0) is 14.0. The molecule has 0 aromatic rings. The minimum absolute atomic E-state index is 0.355. The standard InChI is InChI=1S/C15H26O3/c1-5-12(3)8-7-9-14(6-2)10-11-18-15(17)13(4)16/h8,14H,5-7,9-11H2,1-4H3. The van der Waals surface area contributed by atoms with Gasteiger partial charge in [-0.05, 0) is 38.5 Å². The Morgan fingerprint density at radius 3 is 2.33 bits per heavy atom. The number of ether oxygens (including phenoxy) is 1. The summed E-state index contributed by atoms with van der Waals surface area (Å²) in [5.41, 5.74) is 1.42. The van der Waals surface area contributed by atoms with Crippen LogP contribution in [0.1, 0.15) is 59.8 Å². The lowest BCUT2D eigenvalue weighted by atomic mass is 9.96. The van der Waals surface area contributed by atoms with E-state index >= 15 is 0 Å². The third-order valence-electron chi connectivity index (χ3n) is 3.25. The fourth-order valence-electron chi connectivity index (χ4n) is 1.68. The van der Waals surface area contributed by atoms with Crippen molar-refractivity contribution >= 4 is 11.8 Å². The van der Waals surface area contributed by atoms with Crippen LogP contribution in [0.2, 0.25) is 0 Å². The van der Waals surface area contributed by atoms with Crippen LogP contribution in [0.25, 0.3) is 0 Å². The summed E-state index contributed by atoms with van der Waals surface area (Å²) in [5.74, 6) is -0.679. The first-order chi connectivity index (χ1) is 8.51. The number of Topliss-reactive ketones (excluding diaryl/α,β-unsaturated/α-hetero) is 1. The molecular formula is C15H26O3. The maximum atomic E-state index is 11.0. The molecule has 0 fully saturated rings. The molecular weight excluding hydrogens is 228 g/mol. The highest BCUT2D eigenvalue weighted by Gasteiger charge is 2.11. The molecule has 18 heavy (non-hydrogen) atoms. The summed E-state index contributed by atoms with van der Waals surface area (Å²) in [5, 5.41) is 0. The number of carbonyl (C=O) groups excluding carboxylic acids is 2. The van der Waals surface area contributed by atoms with E-state index in [2.05, 4.69) is 26.8 Å². The van der Waals surface area contributed by atoms with Crippen LogP contribution in [0.3, 0.4) is 0 Å². The molecule has 1 unspecified atom stereocenters. The van der Waals surface area contributed by atoms with E-state index in [0.717, 1.165) is 32.1 Å². The van der Waals surface area contributed by atoms with E-state index in [-0.39, 0.29) is 0 Å². The fraction of sp³-hybridized carbons (Fsp3) is 0.733. The Labute approximate surface area is 111 Å². The van der Waals surface area contributed by atoms with Crippen LogP contribution < -0.4 is 0 Å². The molecule has 0 aromatic heterocycles. The molecule has 0 saturated heterocycles. The van der Waals surface area contributed by atoms with E-state index in [1.54, 1.807) is 0 Å². The molecule has 0 aromatic carbocycles. The van der Waals surface area contributed by atoms with Gasteiger partial charge in [0.05, 0.1) is 6.61 Å². The molecule has 0 rings (SSSR count). The first kappa shape index (κ1) is 16.9. The summed E-state index contributed by atoms with van der Waals surface area (Å²) in [6, 6.07) is 0. The van der Waals surface area contributed by atoms with Gasteiger partial charge in [0.25, 0.3) is 0 Å². The topological polar surface area (TPSA) is 43.4 Å². The number of hydrogen-bond donors (Lipinski definition) is 0. The van der Waals surface area contributed by atoms with E-state index in [1.807, 2.05) is 0 Å². The molecule has 104 valence electrons. The van der Waals surface area contributed by atoms with Crippen molar-refractivity contribution in [1.82, 2.24) is 0 Å². The molecule has 3 nitrogen and oxygen atoms in total. The Morgan fingerprint density at radius 2 is 1.83 bits per heavy atom. The van der Waals surface area contributed by atoms with E-state index in [9.17, 15) is 9.59 Å². The molecule has 0 aliphatic heterocycles. The predicted octanol–water partition coefficient (Wildman–Crippen LogP) is 3.67. The van der Waals surface area contributed by atoms with Crippen LogP contribution in [0, 0.1) is 5.92 Å². The summed E-state index contributed by atoms with van der Waals surface area (Å²) in [7, 11) is 0. The normalized spacial score (nSPS) is 13.2. The van der Waals surface area contributed by atoms with Gasteiger partial charge >= 0.3 is 5.97 Å². The summed E-state index contributed by atoms with van der Waals surface area (Å²) >= 11 is 0. The monoisotopic (exact) mass is 254 g/mol. The van der Waals surface area contributed by atoms with Crippen molar-refractivity contribution in [2.24, 2.45) is 5.92 Å². The average Bonchev–Trinajstić information content (AvgIpc) is 2.36. The Balaban J connectivity index is 3.84. The summed E-state index contributed by atoms with van der Waals surface area (Å²) in [6.07, 6.45) is 7.51. The van der Waals surface area contributed by atoms with Crippen LogP contribution in [0.4, 0.5) is 0 Å². The largest absolute Gasteiger partial charge is 0.460 e. The van der Waals surface area contributed by atoms with Gasteiger partial charge < -0.3 is 4.74 Å². The molecule has 3 heteroatoms. The summed E-state index contributed by atoms with van der Waals surface area (Å²) in [4.78, 5) is 21.7. The van der Waals surface area contributed by atoms with Gasteiger partial charge in [0.1, 0.15) is 0 Å². The fourth-order valence-corrected chi connectivity index (χ4v) is 1.68. The highest BCUT2D eigenvalue weighted by Crippen LogP contribution is 2.17. The molecule has 0 bridgehead atoms. The van der Waals surface area contributed by atoms with Crippen molar-refractivity contribution in [3.05, 3.63) is 11.6 Å². The highest BCUT2D eigenvalue weighted by atomic mass is 16.5. The number of hydrogen-bond acceptors (Lipinski definition) is 3. The van der Waals surface area contributed by atoms with Crippen molar-refractivity contribution < 1.29 is 14.3 Å². The molecule has 0 spiro atoms. The van der Waals surface area contributed by atoms with E-state index in [1.165, 1.54) is 12.5 Å². The van der Waals surface area contributed by atoms with Crippen molar-refractivity contribution in [1.29, 1.82) is 0 Å². The number of rotatable bonds is 9. The molecule has 0 heterocycles. The molecule has 0 amide bonds. The Bertz CT molecular complexity index is 292. The van der Waals surface area contributed by atoms with Crippen LogP contribution >= 0.6 is 0 Å². The lowest BCUT2D eigenvalue weighted by molar-refractivity contribution is -0.153. The van der Waals surface area contributed by atoms with Crippen molar-refractivity contribution in [3.8, 4) is 0 Å². The predicted molar refractivity (Wildman–Crippen MR) is 73.3 cm³/mol. The Morgan fingerprint density at radius 1 is 1.17 bits per heavy atom. The molecule has 0 radical (unpaired) electrons. The first-order valence-electron chi connectivity index (χ1n) is 6.84. The van der Waals surface area contributed by atoms with Gasteiger partial charge in [-0.2, -0.15) is 0 Å². The van der Waals surface area contributed by atoms with Gasteiger partial charge in [0.15, 0.2) is 0 Å². The van der Waals surface area contributed by atoms with E-state index in [0.29, 0.717) is 12.5 Å². The maximum absolute atomic E-state index is 11.0. The number of esters is 1.